The third-order valence-corrected chi connectivity index (χ3v) is 2.22. The molecule has 0 aromatic carbocycles. The summed E-state index contributed by atoms with van der Waals surface area (Å²) in [7, 11) is 0. The van der Waals surface area contributed by atoms with Crippen LogP contribution in [0.1, 0.15) is 23.5 Å². The van der Waals surface area contributed by atoms with Crippen LogP contribution in [0.3, 0.4) is 0 Å². The van der Waals surface area contributed by atoms with Crippen molar-refractivity contribution in [3.05, 3.63) is 12.1 Å². The zero-order chi connectivity index (χ0) is 12.5. The number of rotatable bonds is 2. The Kier molecular flexibility index (Phi) is 2.19. The van der Waals surface area contributed by atoms with Crippen molar-refractivity contribution < 1.29 is 17.1 Å². The summed E-state index contributed by atoms with van der Waals surface area (Å²) in [6.07, 6.45) is -0.690. The molecule has 1 atom stereocenters. The monoisotopic (exact) mass is 199 g/mol. The van der Waals surface area contributed by atoms with E-state index in [2.05, 4.69) is 0 Å². The first-order valence-electron chi connectivity index (χ1n) is 5.50. The lowest BCUT2D eigenvalue weighted by Gasteiger charge is -2.22. The normalized spacial score (nSPS) is 23.0. The highest BCUT2D eigenvalue weighted by atomic mass is 16.6. The Morgan fingerprint density at radius 2 is 2.43 bits per heavy atom. The van der Waals surface area contributed by atoms with Gasteiger partial charge in [-0.25, -0.2) is 9.69 Å². The predicted molar refractivity (Wildman–Crippen MR) is 51.6 cm³/mol. The van der Waals surface area contributed by atoms with E-state index in [1.165, 1.54) is 6.92 Å². The zero-order valence-electron chi connectivity index (χ0n) is 10.5. The van der Waals surface area contributed by atoms with Gasteiger partial charge in [-0.1, -0.05) is 20.4 Å². The second-order valence-electron chi connectivity index (χ2n) is 3.69. The van der Waals surface area contributed by atoms with Gasteiger partial charge in [-0.2, -0.15) is 0 Å². The van der Waals surface area contributed by atoms with Crippen molar-refractivity contribution in [2.24, 2.45) is 5.92 Å². The zero-order valence-corrected chi connectivity index (χ0v) is 8.53. The number of carbonyl (C=O) groups excluding carboxylic acids is 2. The van der Waals surface area contributed by atoms with Gasteiger partial charge < -0.3 is 4.74 Å². The lowest BCUT2D eigenvalue weighted by Crippen LogP contribution is -2.42. The summed E-state index contributed by atoms with van der Waals surface area (Å²) >= 11 is 0. The van der Waals surface area contributed by atoms with E-state index in [9.17, 15) is 9.59 Å². The van der Waals surface area contributed by atoms with E-state index in [1.807, 2.05) is 13.8 Å². The molecule has 1 aliphatic rings. The fourth-order valence-corrected chi connectivity index (χ4v) is 1.34. The molecule has 1 rings (SSSR count). The van der Waals surface area contributed by atoms with E-state index in [-0.39, 0.29) is 24.1 Å². The molecule has 0 spiro atoms. The topological polar surface area (TPSA) is 46.6 Å². The van der Waals surface area contributed by atoms with Crippen LogP contribution in [0.2, 0.25) is 0 Å². The summed E-state index contributed by atoms with van der Waals surface area (Å²) in [4.78, 5) is 24.2. The van der Waals surface area contributed by atoms with Crippen molar-refractivity contribution in [1.29, 1.82) is 0 Å². The number of hydrogen-bond donors (Lipinski definition) is 0. The van der Waals surface area contributed by atoms with E-state index in [4.69, 9.17) is 7.48 Å². The SMILES string of the molecule is [2H]C([2H])=C(C)C(=O)N1C(=O)OC[C@@H]1C(C)C. The number of nitrogens with zero attached hydrogens (tertiary/aromatic N) is 1. The number of amides is 2. The number of cyclic esters (lactones) is 1. The first kappa shape index (κ1) is 8.03. The van der Waals surface area contributed by atoms with Gasteiger partial charge in [0.25, 0.3) is 5.91 Å². The number of imide groups is 1. The highest BCUT2D eigenvalue weighted by Crippen LogP contribution is 2.20. The molecule has 14 heavy (non-hydrogen) atoms. The Labute approximate surface area is 86.3 Å². The van der Waals surface area contributed by atoms with Crippen molar-refractivity contribution in [2.75, 3.05) is 6.61 Å². The maximum absolute atomic E-state index is 11.8. The summed E-state index contributed by atoms with van der Waals surface area (Å²) in [6.45, 7) is 4.73. The summed E-state index contributed by atoms with van der Waals surface area (Å²) in [5, 5.41) is 0. The molecule has 1 heterocycles. The van der Waals surface area contributed by atoms with Gasteiger partial charge in [0.15, 0.2) is 0 Å². The Hall–Kier alpha value is -1.32. The molecule has 1 saturated heterocycles. The third-order valence-electron chi connectivity index (χ3n) is 2.22. The molecule has 0 aromatic heterocycles. The molecule has 0 radical (unpaired) electrons. The van der Waals surface area contributed by atoms with E-state index in [0.717, 1.165) is 4.90 Å². The molecule has 4 heteroatoms. The molecule has 0 unspecified atom stereocenters. The maximum atomic E-state index is 11.8. The minimum absolute atomic E-state index is 0.0514. The summed E-state index contributed by atoms with van der Waals surface area (Å²) in [5.74, 6) is -0.524. The number of hydrogen-bond acceptors (Lipinski definition) is 3. The highest BCUT2D eigenvalue weighted by Gasteiger charge is 2.39. The second kappa shape index (κ2) is 3.82. The van der Waals surface area contributed by atoms with Gasteiger partial charge in [-0.3, -0.25) is 4.79 Å². The van der Waals surface area contributed by atoms with Crippen LogP contribution in [-0.4, -0.2) is 29.5 Å². The van der Waals surface area contributed by atoms with Gasteiger partial charge >= 0.3 is 6.09 Å². The Morgan fingerprint density at radius 1 is 1.79 bits per heavy atom. The largest absolute Gasteiger partial charge is 0.447 e. The molecule has 0 saturated carbocycles. The predicted octanol–water partition coefficient (Wildman–Crippen LogP) is 1.57. The van der Waals surface area contributed by atoms with Gasteiger partial charge in [0.1, 0.15) is 6.61 Å². The number of carbonyl (C=O) groups is 2. The molecule has 0 N–H and O–H groups in total. The molecule has 1 aliphatic heterocycles. The summed E-state index contributed by atoms with van der Waals surface area (Å²) < 4.78 is 18.9. The van der Waals surface area contributed by atoms with Crippen LogP contribution < -0.4 is 0 Å². The van der Waals surface area contributed by atoms with Gasteiger partial charge in [0, 0.05) is 5.57 Å². The molecular formula is C10H15NO3. The Balaban J connectivity index is 2.97. The molecule has 1 fully saturated rings. The average Bonchev–Trinajstić information content (AvgIpc) is 2.57. The van der Waals surface area contributed by atoms with E-state index >= 15 is 0 Å². The molecular weight excluding hydrogens is 182 g/mol. The molecule has 2 amide bonds. The van der Waals surface area contributed by atoms with Gasteiger partial charge in [-0.15, -0.1) is 0 Å². The minimum Gasteiger partial charge on any atom is -0.447 e. The van der Waals surface area contributed by atoms with E-state index in [0.29, 0.717) is 0 Å². The standard InChI is InChI=1S/C10H15NO3/c1-6(2)8-5-14-10(13)11(8)9(12)7(3)4/h6,8H,3,5H2,1-2,4H3/t8-/m1/s1/i3D2. The first-order valence-corrected chi connectivity index (χ1v) is 4.50. The molecule has 0 bridgehead atoms. The van der Waals surface area contributed by atoms with Crippen LogP contribution in [0, 0.1) is 5.92 Å². The van der Waals surface area contributed by atoms with Crippen LogP contribution >= 0.6 is 0 Å². The van der Waals surface area contributed by atoms with Crippen molar-refractivity contribution in [3.8, 4) is 0 Å². The van der Waals surface area contributed by atoms with Crippen molar-refractivity contribution in [1.82, 2.24) is 4.90 Å². The third kappa shape index (κ3) is 1.78. The fraction of sp³-hybridized carbons (Fsp3) is 0.600. The first-order chi connectivity index (χ1) is 7.36. The van der Waals surface area contributed by atoms with Crippen LogP contribution in [0.15, 0.2) is 12.1 Å². The summed E-state index contributed by atoms with van der Waals surface area (Å²) in [5.41, 5.74) is -0.0514. The van der Waals surface area contributed by atoms with Crippen LogP contribution in [0.25, 0.3) is 0 Å². The van der Waals surface area contributed by atoms with Gasteiger partial charge in [-0.05, 0) is 12.8 Å². The second-order valence-corrected chi connectivity index (χ2v) is 3.69. The van der Waals surface area contributed by atoms with Crippen LogP contribution in [0.5, 0.6) is 0 Å². The molecule has 4 nitrogen and oxygen atoms in total. The average molecular weight is 199 g/mol. The molecule has 78 valence electrons. The lowest BCUT2D eigenvalue weighted by molar-refractivity contribution is -0.125. The Bertz CT molecular complexity index is 348. The highest BCUT2D eigenvalue weighted by molar-refractivity contribution is 6.02. The minimum atomic E-state index is -0.690. The molecule has 0 aromatic rings. The van der Waals surface area contributed by atoms with E-state index < -0.39 is 18.5 Å². The quantitative estimate of drug-likeness (QED) is 0.634. The van der Waals surface area contributed by atoms with Crippen LogP contribution in [-0.2, 0) is 9.53 Å². The lowest BCUT2D eigenvalue weighted by atomic mass is 10.0. The van der Waals surface area contributed by atoms with Crippen molar-refractivity contribution in [3.63, 3.8) is 0 Å². The van der Waals surface area contributed by atoms with E-state index in [1.54, 1.807) is 0 Å². The van der Waals surface area contributed by atoms with Crippen LogP contribution in [0.4, 0.5) is 4.79 Å². The van der Waals surface area contributed by atoms with Crippen molar-refractivity contribution >= 4 is 12.0 Å². The number of ether oxygens (including phenoxy) is 1. The smallest absolute Gasteiger partial charge is 0.417 e. The fourth-order valence-electron chi connectivity index (χ4n) is 1.34. The molecule has 0 aliphatic carbocycles. The maximum Gasteiger partial charge on any atom is 0.417 e. The van der Waals surface area contributed by atoms with Gasteiger partial charge in [0.2, 0.25) is 0 Å². The summed E-state index contributed by atoms with van der Waals surface area (Å²) in [6, 6.07) is -0.311. The Morgan fingerprint density at radius 3 is 2.93 bits per heavy atom. The van der Waals surface area contributed by atoms with Gasteiger partial charge in [0.05, 0.1) is 8.78 Å². The van der Waals surface area contributed by atoms with Crippen molar-refractivity contribution in [2.45, 2.75) is 26.8 Å².